The van der Waals surface area contributed by atoms with Crippen LogP contribution in [0.15, 0.2) is 0 Å². The van der Waals surface area contributed by atoms with Crippen molar-refractivity contribution in [2.45, 2.75) is 33.1 Å². The molecule has 0 radical (unpaired) electrons. The van der Waals surface area contributed by atoms with Gasteiger partial charge in [0.1, 0.15) is 0 Å². The number of hydrogen-bond acceptors (Lipinski definition) is 2. The maximum atomic E-state index is 12.4. The second kappa shape index (κ2) is 4.61. The molecule has 16 heavy (non-hydrogen) atoms. The molecule has 3 nitrogen and oxygen atoms in total. The molecule has 0 bridgehead atoms. The summed E-state index contributed by atoms with van der Waals surface area (Å²) in [4.78, 5) is 12.8. The van der Waals surface area contributed by atoms with Gasteiger partial charge >= 0.3 is 6.18 Å². The molecule has 0 unspecified atom stereocenters. The molecule has 0 aromatic carbocycles. The van der Waals surface area contributed by atoms with Crippen molar-refractivity contribution in [3.8, 4) is 0 Å². The summed E-state index contributed by atoms with van der Waals surface area (Å²) in [5.74, 6) is -2.47. The van der Waals surface area contributed by atoms with Crippen LogP contribution < -0.4 is 0 Å². The standard InChI is InChI=1S/C10H18F3NO2/c1-6(10(11,12)13)7(15)9(2,3)8(16)14(4)5/h6-7,15H,1-5H3/t6-,7-/m0/s1. The van der Waals surface area contributed by atoms with E-state index in [4.69, 9.17) is 0 Å². The minimum absolute atomic E-state index is 0.531. The Labute approximate surface area is 93.2 Å². The third-order valence-corrected chi connectivity index (χ3v) is 2.69. The summed E-state index contributed by atoms with van der Waals surface area (Å²) in [5.41, 5.74) is -1.46. The minimum atomic E-state index is -4.51. The molecule has 0 fully saturated rings. The third-order valence-electron chi connectivity index (χ3n) is 2.69. The van der Waals surface area contributed by atoms with E-state index in [-0.39, 0.29) is 0 Å². The smallest absolute Gasteiger partial charge is 0.391 e. The van der Waals surface area contributed by atoms with Gasteiger partial charge in [-0.1, -0.05) is 6.92 Å². The van der Waals surface area contributed by atoms with Gasteiger partial charge in [-0.15, -0.1) is 0 Å². The first kappa shape index (κ1) is 15.2. The maximum absolute atomic E-state index is 12.4. The van der Waals surface area contributed by atoms with Crippen LogP contribution in [-0.4, -0.2) is 42.3 Å². The quantitative estimate of drug-likeness (QED) is 0.816. The fourth-order valence-corrected chi connectivity index (χ4v) is 1.51. The lowest BCUT2D eigenvalue weighted by Crippen LogP contribution is -2.49. The van der Waals surface area contributed by atoms with Crippen molar-refractivity contribution in [2.75, 3.05) is 14.1 Å². The number of amides is 1. The Morgan fingerprint density at radius 2 is 1.62 bits per heavy atom. The van der Waals surface area contributed by atoms with Gasteiger partial charge in [0.05, 0.1) is 17.4 Å². The zero-order valence-corrected chi connectivity index (χ0v) is 10.1. The van der Waals surface area contributed by atoms with Crippen molar-refractivity contribution < 1.29 is 23.1 Å². The fourth-order valence-electron chi connectivity index (χ4n) is 1.51. The van der Waals surface area contributed by atoms with E-state index >= 15 is 0 Å². The van der Waals surface area contributed by atoms with Crippen molar-refractivity contribution in [1.29, 1.82) is 0 Å². The van der Waals surface area contributed by atoms with E-state index < -0.39 is 29.5 Å². The summed E-state index contributed by atoms with van der Waals surface area (Å²) in [7, 11) is 2.88. The average Bonchev–Trinajstić information content (AvgIpc) is 2.12. The summed E-state index contributed by atoms with van der Waals surface area (Å²) in [6.07, 6.45) is -6.27. The van der Waals surface area contributed by atoms with Gasteiger partial charge in [0.15, 0.2) is 0 Å². The Morgan fingerprint density at radius 3 is 1.88 bits per heavy atom. The highest BCUT2D eigenvalue weighted by molar-refractivity contribution is 5.82. The molecule has 0 saturated carbocycles. The van der Waals surface area contributed by atoms with Gasteiger partial charge < -0.3 is 10.0 Å². The molecular weight excluding hydrogens is 223 g/mol. The van der Waals surface area contributed by atoms with E-state index in [0.717, 1.165) is 6.92 Å². The zero-order chi connectivity index (χ0) is 13.3. The Morgan fingerprint density at radius 1 is 1.25 bits per heavy atom. The van der Waals surface area contributed by atoms with Crippen molar-refractivity contribution in [2.24, 2.45) is 11.3 Å². The van der Waals surface area contributed by atoms with Crippen LogP contribution in [-0.2, 0) is 4.79 Å². The van der Waals surface area contributed by atoms with Crippen LogP contribution in [0.4, 0.5) is 13.2 Å². The van der Waals surface area contributed by atoms with Crippen molar-refractivity contribution in [3.63, 3.8) is 0 Å². The maximum Gasteiger partial charge on any atom is 0.394 e. The van der Waals surface area contributed by atoms with Crippen molar-refractivity contribution >= 4 is 5.91 Å². The molecule has 2 atom stereocenters. The third kappa shape index (κ3) is 3.10. The summed E-state index contributed by atoms with van der Waals surface area (Å²) < 4.78 is 37.2. The molecular formula is C10H18F3NO2. The number of halogens is 3. The topological polar surface area (TPSA) is 40.5 Å². The highest BCUT2D eigenvalue weighted by Gasteiger charge is 2.49. The van der Waals surface area contributed by atoms with Gasteiger partial charge in [0.2, 0.25) is 5.91 Å². The van der Waals surface area contributed by atoms with E-state index in [2.05, 4.69) is 0 Å². The fraction of sp³-hybridized carbons (Fsp3) is 0.900. The molecule has 0 spiro atoms. The number of hydrogen-bond donors (Lipinski definition) is 1. The molecule has 6 heteroatoms. The molecule has 0 aromatic rings. The SMILES string of the molecule is C[C@@H]([C@H](O)C(C)(C)C(=O)N(C)C)C(F)(F)F. The molecule has 0 aromatic heterocycles. The molecule has 0 aliphatic carbocycles. The first-order valence-corrected chi connectivity index (χ1v) is 4.89. The second-order valence-corrected chi connectivity index (χ2v) is 4.70. The Kier molecular flexibility index (Phi) is 4.38. The number of carbonyl (C=O) groups excluding carboxylic acids is 1. The van der Waals surface area contributed by atoms with E-state index in [0.29, 0.717) is 0 Å². The van der Waals surface area contributed by atoms with Crippen LogP contribution in [0, 0.1) is 11.3 Å². The highest BCUT2D eigenvalue weighted by atomic mass is 19.4. The molecule has 0 rings (SSSR count). The predicted molar refractivity (Wildman–Crippen MR) is 53.7 cm³/mol. The molecule has 0 heterocycles. The highest BCUT2D eigenvalue weighted by Crippen LogP contribution is 2.36. The summed E-state index contributed by atoms with van der Waals surface area (Å²) in [6.45, 7) is 3.49. The van der Waals surface area contributed by atoms with Crippen LogP contribution in [0.3, 0.4) is 0 Å². The van der Waals surface area contributed by atoms with Crippen LogP contribution in [0.5, 0.6) is 0 Å². The molecule has 1 amide bonds. The van der Waals surface area contributed by atoms with Gasteiger partial charge in [0.25, 0.3) is 0 Å². The molecule has 1 N–H and O–H groups in total. The Balaban J connectivity index is 4.97. The predicted octanol–water partition coefficient (Wildman–Crippen LogP) is 1.66. The number of alkyl halides is 3. The summed E-state index contributed by atoms with van der Waals surface area (Å²) in [5, 5.41) is 9.63. The molecule has 0 saturated heterocycles. The van der Waals surface area contributed by atoms with Gasteiger partial charge in [-0.05, 0) is 13.8 Å². The summed E-state index contributed by atoms with van der Waals surface area (Å²) in [6, 6.07) is 0. The van der Waals surface area contributed by atoms with Crippen LogP contribution in [0.1, 0.15) is 20.8 Å². The number of aliphatic hydroxyl groups excluding tert-OH is 1. The largest absolute Gasteiger partial charge is 0.394 e. The lowest BCUT2D eigenvalue weighted by atomic mass is 9.78. The average molecular weight is 241 g/mol. The molecule has 0 aliphatic heterocycles. The van der Waals surface area contributed by atoms with E-state index in [1.165, 1.54) is 32.8 Å². The normalized spacial score (nSPS) is 16.8. The number of rotatable bonds is 3. The van der Waals surface area contributed by atoms with Crippen molar-refractivity contribution in [1.82, 2.24) is 4.90 Å². The number of aliphatic hydroxyl groups is 1. The van der Waals surface area contributed by atoms with Gasteiger partial charge in [0, 0.05) is 14.1 Å². The van der Waals surface area contributed by atoms with Gasteiger partial charge in [-0.25, -0.2) is 0 Å². The van der Waals surface area contributed by atoms with Gasteiger partial charge in [-0.2, -0.15) is 13.2 Å². The molecule has 96 valence electrons. The second-order valence-electron chi connectivity index (χ2n) is 4.70. The number of nitrogens with zero attached hydrogens (tertiary/aromatic N) is 1. The first-order valence-electron chi connectivity index (χ1n) is 4.89. The van der Waals surface area contributed by atoms with E-state index in [9.17, 15) is 23.1 Å². The van der Waals surface area contributed by atoms with Crippen molar-refractivity contribution in [3.05, 3.63) is 0 Å². The van der Waals surface area contributed by atoms with E-state index in [1.54, 1.807) is 0 Å². The zero-order valence-electron chi connectivity index (χ0n) is 10.1. The van der Waals surface area contributed by atoms with Crippen LogP contribution >= 0.6 is 0 Å². The first-order chi connectivity index (χ1) is 6.92. The van der Waals surface area contributed by atoms with Crippen LogP contribution in [0.2, 0.25) is 0 Å². The van der Waals surface area contributed by atoms with Gasteiger partial charge in [-0.3, -0.25) is 4.79 Å². The Bertz CT molecular complexity index is 261. The lowest BCUT2D eigenvalue weighted by molar-refractivity contribution is -0.209. The Hall–Kier alpha value is -0.780. The molecule has 0 aliphatic rings. The monoisotopic (exact) mass is 241 g/mol. The number of carbonyl (C=O) groups is 1. The van der Waals surface area contributed by atoms with E-state index in [1.807, 2.05) is 0 Å². The van der Waals surface area contributed by atoms with Crippen LogP contribution in [0.25, 0.3) is 0 Å². The summed E-state index contributed by atoms with van der Waals surface area (Å²) >= 11 is 0. The minimum Gasteiger partial charge on any atom is -0.391 e. The lowest BCUT2D eigenvalue weighted by Gasteiger charge is -2.35.